The van der Waals surface area contributed by atoms with Crippen molar-refractivity contribution >= 4 is 5.91 Å². The van der Waals surface area contributed by atoms with Crippen LogP contribution in [0.25, 0.3) is 0 Å². The molecule has 1 rings (SSSR count). The fourth-order valence-electron chi connectivity index (χ4n) is 1.37. The van der Waals surface area contributed by atoms with E-state index in [0.717, 1.165) is 5.56 Å². The first-order valence-corrected chi connectivity index (χ1v) is 4.88. The van der Waals surface area contributed by atoms with Gasteiger partial charge in [0.05, 0.1) is 6.04 Å². The van der Waals surface area contributed by atoms with Crippen molar-refractivity contribution in [2.24, 2.45) is 0 Å². The van der Waals surface area contributed by atoms with Crippen molar-refractivity contribution in [3.8, 4) is 0 Å². The van der Waals surface area contributed by atoms with Gasteiger partial charge in [0, 0.05) is 6.92 Å². The molecule has 0 bridgehead atoms. The van der Waals surface area contributed by atoms with Crippen molar-refractivity contribution in [1.82, 2.24) is 5.32 Å². The Kier molecular flexibility index (Phi) is 4.00. The van der Waals surface area contributed by atoms with Gasteiger partial charge in [-0.05, 0) is 23.3 Å². The second-order valence-corrected chi connectivity index (χ2v) is 3.46. The lowest BCUT2D eigenvalue weighted by molar-refractivity contribution is -0.119. The van der Waals surface area contributed by atoms with Crippen molar-refractivity contribution in [2.45, 2.75) is 13.0 Å². The van der Waals surface area contributed by atoms with E-state index in [-0.39, 0.29) is 17.8 Å². The Balaban J connectivity index is 3.00. The van der Waals surface area contributed by atoms with Gasteiger partial charge in [-0.25, -0.2) is 4.39 Å². The van der Waals surface area contributed by atoms with Crippen LogP contribution in [0.4, 0.5) is 4.39 Å². The molecule has 0 spiro atoms. The molecule has 0 saturated heterocycles. The van der Waals surface area contributed by atoms with Gasteiger partial charge in [-0.2, -0.15) is 0 Å². The monoisotopic (exact) mass is 219 g/mol. The van der Waals surface area contributed by atoms with E-state index in [2.05, 4.69) is 18.5 Å². The van der Waals surface area contributed by atoms with Crippen LogP contribution >= 0.6 is 0 Å². The highest BCUT2D eigenvalue weighted by Crippen LogP contribution is 2.21. The smallest absolute Gasteiger partial charge is 0.217 e. The van der Waals surface area contributed by atoms with Gasteiger partial charge in [-0.1, -0.05) is 31.4 Å². The van der Waals surface area contributed by atoms with E-state index in [4.69, 9.17) is 0 Å². The SMILES string of the molecule is C=CC(=C)[C@H](NC(C)=O)c1ccc(F)cc1. The molecular weight excluding hydrogens is 205 g/mol. The standard InChI is InChI=1S/C13H14FNO/c1-4-9(2)13(15-10(3)16)11-5-7-12(14)8-6-11/h4-8,13H,1-2H2,3H3,(H,15,16)/t13-/m0/s1. The average Bonchev–Trinajstić information content (AvgIpc) is 2.26. The van der Waals surface area contributed by atoms with Crippen molar-refractivity contribution in [3.05, 3.63) is 60.5 Å². The Morgan fingerprint density at radius 2 is 2.00 bits per heavy atom. The van der Waals surface area contributed by atoms with Gasteiger partial charge in [0.25, 0.3) is 0 Å². The summed E-state index contributed by atoms with van der Waals surface area (Å²) in [4.78, 5) is 11.1. The predicted molar refractivity (Wildman–Crippen MR) is 62.3 cm³/mol. The van der Waals surface area contributed by atoms with Crippen molar-refractivity contribution in [1.29, 1.82) is 0 Å². The highest BCUT2D eigenvalue weighted by atomic mass is 19.1. The molecule has 0 aliphatic rings. The summed E-state index contributed by atoms with van der Waals surface area (Å²) in [6.07, 6.45) is 1.57. The van der Waals surface area contributed by atoms with Gasteiger partial charge in [0.2, 0.25) is 5.91 Å². The first-order chi connectivity index (χ1) is 7.54. The van der Waals surface area contributed by atoms with Gasteiger partial charge < -0.3 is 5.32 Å². The number of halogens is 1. The fourth-order valence-corrected chi connectivity index (χ4v) is 1.37. The van der Waals surface area contributed by atoms with Crippen LogP contribution in [-0.4, -0.2) is 5.91 Å². The molecule has 84 valence electrons. The molecular formula is C13H14FNO. The molecule has 1 N–H and O–H groups in total. The van der Waals surface area contributed by atoms with E-state index in [9.17, 15) is 9.18 Å². The van der Waals surface area contributed by atoms with Crippen LogP contribution in [0.3, 0.4) is 0 Å². The summed E-state index contributed by atoms with van der Waals surface area (Å²) < 4.78 is 12.8. The maximum absolute atomic E-state index is 12.8. The van der Waals surface area contributed by atoms with E-state index in [0.29, 0.717) is 5.57 Å². The molecule has 0 fully saturated rings. The van der Waals surface area contributed by atoms with E-state index < -0.39 is 0 Å². The summed E-state index contributed by atoms with van der Waals surface area (Å²) in [6.45, 7) is 8.83. The number of hydrogen-bond acceptors (Lipinski definition) is 1. The normalized spacial score (nSPS) is 11.6. The molecule has 1 aromatic carbocycles. The second-order valence-electron chi connectivity index (χ2n) is 3.46. The molecule has 2 nitrogen and oxygen atoms in total. The molecule has 0 heterocycles. The van der Waals surface area contributed by atoms with Crippen LogP contribution in [0.1, 0.15) is 18.5 Å². The molecule has 0 unspecified atom stereocenters. The quantitative estimate of drug-likeness (QED) is 0.775. The molecule has 16 heavy (non-hydrogen) atoms. The van der Waals surface area contributed by atoms with Gasteiger partial charge in [-0.15, -0.1) is 0 Å². The number of amides is 1. The minimum Gasteiger partial charge on any atom is -0.345 e. The third-order valence-corrected chi connectivity index (χ3v) is 2.18. The Labute approximate surface area is 94.5 Å². The minimum atomic E-state index is -0.351. The lowest BCUT2D eigenvalue weighted by Crippen LogP contribution is -2.26. The lowest BCUT2D eigenvalue weighted by Gasteiger charge is -2.18. The molecule has 0 saturated carbocycles. The van der Waals surface area contributed by atoms with Crippen LogP contribution < -0.4 is 5.32 Å². The highest BCUT2D eigenvalue weighted by Gasteiger charge is 2.13. The molecule has 0 aliphatic heterocycles. The largest absolute Gasteiger partial charge is 0.345 e. The van der Waals surface area contributed by atoms with Crippen molar-refractivity contribution < 1.29 is 9.18 Å². The van der Waals surface area contributed by atoms with Gasteiger partial charge in [-0.3, -0.25) is 4.79 Å². The summed E-state index contributed by atoms with van der Waals surface area (Å²) >= 11 is 0. The fraction of sp³-hybridized carbons (Fsp3) is 0.154. The summed E-state index contributed by atoms with van der Waals surface area (Å²) in [5.74, 6) is -0.480. The Morgan fingerprint density at radius 1 is 1.44 bits per heavy atom. The van der Waals surface area contributed by atoms with Gasteiger partial charge in [0.15, 0.2) is 0 Å². The number of nitrogens with one attached hydrogen (secondary N) is 1. The number of carbonyl (C=O) groups is 1. The first kappa shape index (κ1) is 12.2. The zero-order chi connectivity index (χ0) is 12.1. The number of rotatable bonds is 4. The summed E-state index contributed by atoms with van der Waals surface area (Å²) in [5, 5.41) is 2.73. The van der Waals surface area contributed by atoms with Gasteiger partial charge >= 0.3 is 0 Å². The molecule has 1 aromatic rings. The Hall–Kier alpha value is -1.90. The second kappa shape index (κ2) is 5.26. The van der Waals surface area contributed by atoms with Gasteiger partial charge in [0.1, 0.15) is 5.82 Å². The Bertz CT molecular complexity index is 408. The van der Waals surface area contributed by atoms with E-state index in [1.165, 1.54) is 19.1 Å². The molecule has 0 aromatic heterocycles. The van der Waals surface area contributed by atoms with E-state index in [1.54, 1.807) is 18.2 Å². The molecule has 1 amide bonds. The van der Waals surface area contributed by atoms with Crippen molar-refractivity contribution in [3.63, 3.8) is 0 Å². The minimum absolute atomic E-state index is 0.169. The van der Waals surface area contributed by atoms with Crippen LogP contribution in [-0.2, 0) is 4.79 Å². The van der Waals surface area contributed by atoms with E-state index in [1.807, 2.05) is 0 Å². The van der Waals surface area contributed by atoms with Crippen LogP contribution in [0, 0.1) is 5.82 Å². The summed E-state index contributed by atoms with van der Waals surface area (Å²) in [5.41, 5.74) is 1.45. The highest BCUT2D eigenvalue weighted by molar-refractivity contribution is 5.74. The van der Waals surface area contributed by atoms with Crippen LogP contribution in [0.5, 0.6) is 0 Å². The molecule has 1 atom stereocenters. The lowest BCUT2D eigenvalue weighted by atomic mass is 10.00. The number of benzene rings is 1. The Morgan fingerprint density at radius 3 is 2.44 bits per heavy atom. The predicted octanol–water partition coefficient (Wildman–Crippen LogP) is 2.75. The molecule has 0 radical (unpaired) electrons. The maximum atomic E-state index is 12.8. The first-order valence-electron chi connectivity index (χ1n) is 4.88. The number of hydrogen-bond donors (Lipinski definition) is 1. The third-order valence-electron chi connectivity index (χ3n) is 2.18. The van der Waals surface area contributed by atoms with Crippen molar-refractivity contribution in [2.75, 3.05) is 0 Å². The third kappa shape index (κ3) is 3.05. The van der Waals surface area contributed by atoms with E-state index >= 15 is 0 Å². The zero-order valence-electron chi connectivity index (χ0n) is 9.16. The topological polar surface area (TPSA) is 29.1 Å². The number of carbonyl (C=O) groups excluding carboxylic acids is 1. The van der Waals surface area contributed by atoms with Crippen LogP contribution in [0.2, 0.25) is 0 Å². The average molecular weight is 219 g/mol. The maximum Gasteiger partial charge on any atom is 0.217 e. The molecule has 3 heteroatoms. The zero-order valence-corrected chi connectivity index (χ0v) is 9.16. The summed E-state index contributed by atoms with van der Waals surface area (Å²) in [6, 6.07) is 5.58. The summed E-state index contributed by atoms with van der Waals surface area (Å²) in [7, 11) is 0. The molecule has 0 aliphatic carbocycles. The van der Waals surface area contributed by atoms with Crippen LogP contribution in [0.15, 0.2) is 49.1 Å².